The van der Waals surface area contributed by atoms with Crippen LogP contribution in [0.15, 0.2) is 18.2 Å². The smallest absolute Gasteiger partial charge is 0.165 e. The molecule has 0 aliphatic carbocycles. The zero-order valence-corrected chi connectivity index (χ0v) is 13.8. The first kappa shape index (κ1) is 18.0. The first-order chi connectivity index (χ1) is 10.1. The molecular weight excluding hydrogens is 265 g/mol. The van der Waals surface area contributed by atoms with E-state index >= 15 is 0 Å². The highest BCUT2D eigenvalue weighted by Crippen LogP contribution is 2.23. The molecule has 0 amide bonds. The van der Waals surface area contributed by atoms with Crippen LogP contribution in [0.25, 0.3) is 0 Å². The molecule has 0 unspecified atom stereocenters. The second kappa shape index (κ2) is 10.6. The average molecular weight is 295 g/mol. The number of rotatable bonds is 11. The fourth-order valence-corrected chi connectivity index (χ4v) is 2.23. The molecule has 1 N–H and O–H groups in total. The molecule has 1 aromatic rings. The van der Waals surface area contributed by atoms with Gasteiger partial charge in [0.2, 0.25) is 0 Å². The Morgan fingerprint density at radius 1 is 1.14 bits per heavy atom. The average Bonchev–Trinajstić information content (AvgIpc) is 2.44. The third-order valence-electron chi connectivity index (χ3n) is 3.41. The third-order valence-corrected chi connectivity index (χ3v) is 3.41. The third kappa shape index (κ3) is 7.47. The molecule has 1 aromatic carbocycles. The van der Waals surface area contributed by atoms with E-state index in [1.165, 1.54) is 25.3 Å². The van der Waals surface area contributed by atoms with Crippen molar-refractivity contribution in [2.24, 2.45) is 5.92 Å². The molecule has 0 bridgehead atoms. The van der Waals surface area contributed by atoms with Crippen molar-refractivity contribution in [1.82, 2.24) is 5.32 Å². The molecule has 1 rings (SSSR count). The Labute approximate surface area is 129 Å². The molecule has 0 atom stereocenters. The van der Waals surface area contributed by atoms with Crippen LogP contribution in [-0.2, 0) is 6.54 Å². The summed E-state index contributed by atoms with van der Waals surface area (Å²) in [7, 11) is 0. The van der Waals surface area contributed by atoms with Gasteiger partial charge in [-0.15, -0.1) is 0 Å². The Bertz CT molecular complexity index is 393. The van der Waals surface area contributed by atoms with Gasteiger partial charge in [0, 0.05) is 12.1 Å². The van der Waals surface area contributed by atoms with E-state index in [1.54, 1.807) is 6.07 Å². The van der Waals surface area contributed by atoms with E-state index in [0.29, 0.717) is 24.8 Å². The van der Waals surface area contributed by atoms with Crippen LogP contribution in [0.1, 0.15) is 58.4 Å². The summed E-state index contributed by atoms with van der Waals surface area (Å²) in [4.78, 5) is 0. The van der Waals surface area contributed by atoms with Gasteiger partial charge in [0.1, 0.15) is 0 Å². The van der Waals surface area contributed by atoms with Crippen LogP contribution < -0.4 is 10.1 Å². The number of unbranched alkanes of at least 4 members (excludes halogenated alkanes) is 4. The molecule has 0 aromatic heterocycles. The van der Waals surface area contributed by atoms with Gasteiger partial charge in [0.15, 0.2) is 11.6 Å². The number of benzene rings is 1. The van der Waals surface area contributed by atoms with Crippen LogP contribution >= 0.6 is 0 Å². The van der Waals surface area contributed by atoms with Gasteiger partial charge in [-0.1, -0.05) is 58.6 Å². The van der Waals surface area contributed by atoms with Gasteiger partial charge in [0.05, 0.1) is 6.61 Å². The van der Waals surface area contributed by atoms with Gasteiger partial charge in [-0.3, -0.25) is 0 Å². The van der Waals surface area contributed by atoms with Crippen LogP contribution in [0.3, 0.4) is 0 Å². The summed E-state index contributed by atoms with van der Waals surface area (Å²) in [5, 5.41) is 3.34. The molecule has 120 valence electrons. The SMILES string of the molecule is CCCCCCCOc1c(F)cccc1CNCC(C)C. The van der Waals surface area contributed by atoms with E-state index in [9.17, 15) is 4.39 Å². The fourth-order valence-electron chi connectivity index (χ4n) is 2.23. The lowest BCUT2D eigenvalue weighted by Crippen LogP contribution is -2.19. The van der Waals surface area contributed by atoms with Gasteiger partial charge in [0.25, 0.3) is 0 Å². The molecule has 2 nitrogen and oxygen atoms in total. The van der Waals surface area contributed by atoms with E-state index in [0.717, 1.165) is 24.9 Å². The molecule has 21 heavy (non-hydrogen) atoms. The van der Waals surface area contributed by atoms with Gasteiger partial charge >= 0.3 is 0 Å². The number of hydrogen-bond acceptors (Lipinski definition) is 2. The first-order valence-corrected chi connectivity index (χ1v) is 8.26. The topological polar surface area (TPSA) is 21.3 Å². The molecule has 0 saturated carbocycles. The Morgan fingerprint density at radius 3 is 2.62 bits per heavy atom. The number of nitrogens with one attached hydrogen (secondary N) is 1. The highest BCUT2D eigenvalue weighted by molar-refractivity contribution is 5.34. The van der Waals surface area contributed by atoms with Crippen LogP contribution in [0.2, 0.25) is 0 Å². The lowest BCUT2D eigenvalue weighted by molar-refractivity contribution is 0.286. The van der Waals surface area contributed by atoms with Crippen molar-refractivity contribution in [2.75, 3.05) is 13.2 Å². The highest BCUT2D eigenvalue weighted by atomic mass is 19.1. The number of para-hydroxylation sites is 1. The van der Waals surface area contributed by atoms with Gasteiger partial charge in [-0.25, -0.2) is 4.39 Å². The van der Waals surface area contributed by atoms with E-state index in [-0.39, 0.29) is 5.82 Å². The Hall–Kier alpha value is -1.09. The summed E-state index contributed by atoms with van der Waals surface area (Å²) in [5.41, 5.74) is 0.907. The predicted octanol–water partition coefficient (Wildman–Crippen LogP) is 4.92. The van der Waals surface area contributed by atoms with E-state index in [2.05, 4.69) is 26.1 Å². The predicted molar refractivity (Wildman–Crippen MR) is 87.2 cm³/mol. The molecule has 0 radical (unpaired) electrons. The summed E-state index contributed by atoms with van der Waals surface area (Å²) in [5.74, 6) is 0.748. The summed E-state index contributed by atoms with van der Waals surface area (Å²) in [6.07, 6.45) is 5.89. The second-order valence-corrected chi connectivity index (χ2v) is 6.02. The minimum Gasteiger partial charge on any atom is -0.490 e. The monoisotopic (exact) mass is 295 g/mol. The van der Waals surface area contributed by atoms with E-state index < -0.39 is 0 Å². The largest absolute Gasteiger partial charge is 0.490 e. The molecule has 0 aliphatic rings. The molecule has 0 aliphatic heterocycles. The van der Waals surface area contributed by atoms with Crippen LogP contribution in [0.5, 0.6) is 5.75 Å². The minimum atomic E-state index is -0.257. The maximum absolute atomic E-state index is 13.9. The quantitative estimate of drug-likeness (QED) is 0.585. The minimum absolute atomic E-state index is 0.257. The summed E-state index contributed by atoms with van der Waals surface area (Å²) in [6, 6.07) is 5.15. The lowest BCUT2D eigenvalue weighted by atomic mass is 10.1. The van der Waals surface area contributed by atoms with Gasteiger partial charge in [-0.2, -0.15) is 0 Å². The number of hydrogen-bond donors (Lipinski definition) is 1. The summed E-state index contributed by atoms with van der Waals surface area (Å²) >= 11 is 0. The summed E-state index contributed by atoms with van der Waals surface area (Å²) < 4.78 is 19.6. The summed E-state index contributed by atoms with van der Waals surface area (Å²) in [6.45, 7) is 8.70. The van der Waals surface area contributed by atoms with Crippen molar-refractivity contribution in [3.63, 3.8) is 0 Å². The van der Waals surface area contributed by atoms with Crippen LogP contribution in [-0.4, -0.2) is 13.2 Å². The van der Waals surface area contributed by atoms with Gasteiger partial charge < -0.3 is 10.1 Å². The molecule has 0 saturated heterocycles. The molecular formula is C18H30FNO. The normalized spacial score (nSPS) is 11.1. The maximum Gasteiger partial charge on any atom is 0.165 e. The molecule has 0 spiro atoms. The lowest BCUT2D eigenvalue weighted by Gasteiger charge is -2.14. The molecule has 3 heteroatoms. The van der Waals surface area contributed by atoms with E-state index in [1.807, 2.05) is 6.07 Å². The Kier molecular flexibility index (Phi) is 9.07. The van der Waals surface area contributed by atoms with Crippen molar-refractivity contribution in [3.8, 4) is 5.75 Å². The van der Waals surface area contributed by atoms with Crippen LogP contribution in [0.4, 0.5) is 4.39 Å². The molecule has 0 fully saturated rings. The van der Waals surface area contributed by atoms with Crippen molar-refractivity contribution in [2.45, 2.75) is 59.4 Å². The van der Waals surface area contributed by atoms with Crippen molar-refractivity contribution in [1.29, 1.82) is 0 Å². The second-order valence-electron chi connectivity index (χ2n) is 6.02. The Morgan fingerprint density at radius 2 is 1.90 bits per heavy atom. The van der Waals surface area contributed by atoms with Crippen molar-refractivity contribution < 1.29 is 9.13 Å². The first-order valence-electron chi connectivity index (χ1n) is 8.26. The maximum atomic E-state index is 13.9. The number of ether oxygens (including phenoxy) is 1. The Balaban J connectivity index is 2.43. The highest BCUT2D eigenvalue weighted by Gasteiger charge is 2.09. The van der Waals surface area contributed by atoms with Crippen molar-refractivity contribution in [3.05, 3.63) is 29.6 Å². The van der Waals surface area contributed by atoms with Gasteiger partial charge in [-0.05, 0) is 24.9 Å². The van der Waals surface area contributed by atoms with E-state index in [4.69, 9.17) is 4.74 Å². The van der Waals surface area contributed by atoms with Crippen molar-refractivity contribution >= 4 is 0 Å². The van der Waals surface area contributed by atoms with Crippen LogP contribution in [0, 0.1) is 11.7 Å². The molecule has 0 heterocycles. The zero-order valence-electron chi connectivity index (χ0n) is 13.8. The zero-order chi connectivity index (χ0) is 15.5. The standard InChI is InChI=1S/C18H30FNO/c1-4-5-6-7-8-12-21-18-16(10-9-11-17(18)19)14-20-13-15(2)3/h9-11,15,20H,4-8,12-14H2,1-3H3. The number of halogens is 1. The fraction of sp³-hybridized carbons (Fsp3) is 0.667.